The molecule has 0 unspecified atom stereocenters. The summed E-state index contributed by atoms with van der Waals surface area (Å²) in [4.78, 5) is 12.5. The highest BCUT2D eigenvalue weighted by atomic mass is 35.5. The van der Waals surface area contributed by atoms with Gasteiger partial charge in [0.1, 0.15) is 0 Å². The molecular formula is C20H15Cl2NO. The highest BCUT2D eigenvalue weighted by Gasteiger charge is 2.44. The van der Waals surface area contributed by atoms with Gasteiger partial charge in [0.15, 0.2) is 0 Å². The lowest BCUT2D eigenvalue weighted by Crippen LogP contribution is -2.14. The molecule has 1 saturated carbocycles. The molecule has 4 heteroatoms. The zero-order valence-corrected chi connectivity index (χ0v) is 14.3. The Morgan fingerprint density at radius 2 is 1.62 bits per heavy atom. The van der Waals surface area contributed by atoms with Gasteiger partial charge in [-0.3, -0.25) is 4.79 Å². The van der Waals surface area contributed by atoms with Crippen LogP contribution in [0.1, 0.15) is 17.9 Å². The molecule has 1 amide bonds. The zero-order chi connectivity index (χ0) is 16.7. The van der Waals surface area contributed by atoms with Crippen LogP contribution in [0.4, 0.5) is 5.69 Å². The van der Waals surface area contributed by atoms with E-state index in [1.54, 1.807) is 6.07 Å². The lowest BCUT2D eigenvalue weighted by Gasteiger charge is -2.07. The molecule has 0 radical (unpaired) electrons. The molecular weight excluding hydrogens is 341 g/mol. The maximum atomic E-state index is 12.5. The lowest BCUT2D eigenvalue weighted by molar-refractivity contribution is -0.117. The van der Waals surface area contributed by atoms with Gasteiger partial charge in [0.2, 0.25) is 5.91 Å². The van der Waals surface area contributed by atoms with Crippen LogP contribution in [0.2, 0.25) is 10.0 Å². The van der Waals surface area contributed by atoms with E-state index in [-0.39, 0.29) is 17.7 Å². The topological polar surface area (TPSA) is 29.1 Å². The Balaban J connectivity index is 1.48. The molecule has 24 heavy (non-hydrogen) atoms. The summed E-state index contributed by atoms with van der Waals surface area (Å²) < 4.78 is 0. The number of hydrogen-bond donors (Lipinski definition) is 1. The van der Waals surface area contributed by atoms with Gasteiger partial charge in [0, 0.05) is 21.7 Å². The van der Waals surface area contributed by atoms with E-state index in [0.717, 1.165) is 28.4 Å². The molecule has 1 aliphatic rings. The van der Waals surface area contributed by atoms with Crippen LogP contribution >= 0.6 is 23.2 Å². The SMILES string of the molecule is O=C(Nc1ccc2ccccc2c1)[C@H]1C[C@@H]1c1cc(Cl)cc(Cl)c1. The number of carbonyl (C=O) groups is 1. The zero-order valence-electron chi connectivity index (χ0n) is 12.8. The Kier molecular flexibility index (Phi) is 3.95. The highest BCUT2D eigenvalue weighted by Crippen LogP contribution is 2.49. The molecule has 0 bridgehead atoms. The molecule has 1 fully saturated rings. The second kappa shape index (κ2) is 6.12. The minimum absolute atomic E-state index is 0.0222. The van der Waals surface area contributed by atoms with E-state index < -0.39 is 0 Å². The summed E-state index contributed by atoms with van der Waals surface area (Å²) in [5.74, 6) is 0.221. The largest absolute Gasteiger partial charge is 0.326 e. The first kappa shape index (κ1) is 15.5. The third-order valence-electron chi connectivity index (χ3n) is 4.46. The Bertz CT molecular complexity index is 918. The van der Waals surface area contributed by atoms with Crippen molar-refractivity contribution in [2.75, 3.05) is 5.32 Å². The maximum absolute atomic E-state index is 12.5. The number of rotatable bonds is 3. The summed E-state index contributed by atoms with van der Waals surface area (Å²) in [7, 11) is 0. The van der Waals surface area contributed by atoms with Crippen LogP contribution in [-0.4, -0.2) is 5.91 Å². The Hall–Kier alpha value is -2.03. The molecule has 0 heterocycles. The van der Waals surface area contributed by atoms with Gasteiger partial charge in [-0.25, -0.2) is 0 Å². The third kappa shape index (κ3) is 3.12. The first-order valence-corrected chi connectivity index (χ1v) is 8.61. The van der Waals surface area contributed by atoms with Crippen molar-refractivity contribution < 1.29 is 4.79 Å². The number of amides is 1. The van der Waals surface area contributed by atoms with Gasteiger partial charge < -0.3 is 5.32 Å². The average Bonchev–Trinajstić information content (AvgIpc) is 3.34. The summed E-state index contributed by atoms with van der Waals surface area (Å²) in [5, 5.41) is 6.51. The van der Waals surface area contributed by atoms with Crippen molar-refractivity contribution in [3.8, 4) is 0 Å². The van der Waals surface area contributed by atoms with Gasteiger partial charge in [-0.05, 0) is 59.0 Å². The van der Waals surface area contributed by atoms with E-state index >= 15 is 0 Å². The Morgan fingerprint density at radius 1 is 0.917 bits per heavy atom. The predicted octanol–water partition coefficient (Wildman–Crippen LogP) is 5.89. The van der Waals surface area contributed by atoms with Crippen LogP contribution in [-0.2, 0) is 4.79 Å². The van der Waals surface area contributed by atoms with E-state index in [9.17, 15) is 4.79 Å². The molecule has 4 rings (SSSR count). The molecule has 2 nitrogen and oxygen atoms in total. The smallest absolute Gasteiger partial charge is 0.228 e. The summed E-state index contributed by atoms with van der Waals surface area (Å²) in [6.45, 7) is 0. The quantitative estimate of drug-likeness (QED) is 0.623. The van der Waals surface area contributed by atoms with Crippen LogP contribution in [0.5, 0.6) is 0 Å². The van der Waals surface area contributed by atoms with Crippen molar-refractivity contribution in [3.05, 3.63) is 76.3 Å². The monoisotopic (exact) mass is 355 g/mol. The van der Waals surface area contributed by atoms with Crippen LogP contribution in [0, 0.1) is 5.92 Å². The fourth-order valence-electron chi connectivity index (χ4n) is 3.14. The van der Waals surface area contributed by atoms with Gasteiger partial charge in [-0.1, -0.05) is 53.5 Å². The van der Waals surface area contributed by atoms with Gasteiger partial charge in [0.05, 0.1) is 0 Å². The van der Waals surface area contributed by atoms with Gasteiger partial charge in [-0.2, -0.15) is 0 Å². The van der Waals surface area contributed by atoms with E-state index in [4.69, 9.17) is 23.2 Å². The summed E-state index contributed by atoms with van der Waals surface area (Å²) in [6.07, 6.45) is 0.829. The van der Waals surface area contributed by atoms with Crippen molar-refractivity contribution in [1.82, 2.24) is 0 Å². The van der Waals surface area contributed by atoms with E-state index in [0.29, 0.717) is 10.0 Å². The molecule has 0 spiro atoms. The molecule has 120 valence electrons. The first-order valence-electron chi connectivity index (χ1n) is 7.86. The van der Waals surface area contributed by atoms with Crippen LogP contribution < -0.4 is 5.32 Å². The average molecular weight is 356 g/mol. The highest BCUT2D eigenvalue weighted by molar-refractivity contribution is 6.34. The Labute approximate surface area is 150 Å². The van der Waals surface area contributed by atoms with Gasteiger partial charge in [-0.15, -0.1) is 0 Å². The van der Waals surface area contributed by atoms with Crippen LogP contribution in [0.15, 0.2) is 60.7 Å². The molecule has 3 aromatic rings. The first-order chi connectivity index (χ1) is 11.6. The number of halogens is 2. The number of fused-ring (bicyclic) bond motifs is 1. The molecule has 1 aliphatic carbocycles. The minimum Gasteiger partial charge on any atom is -0.326 e. The number of benzene rings is 3. The predicted molar refractivity (Wildman–Crippen MR) is 99.9 cm³/mol. The normalized spacial score (nSPS) is 19.2. The standard InChI is InChI=1S/C20H15Cl2NO/c21-15-7-14(8-16(22)10-15)18-11-19(18)20(24)23-17-6-5-12-3-1-2-4-13(12)9-17/h1-10,18-19H,11H2,(H,23,24)/t18-,19+/m1/s1. The summed E-state index contributed by atoms with van der Waals surface area (Å²) in [5.41, 5.74) is 1.86. The Morgan fingerprint density at radius 3 is 2.38 bits per heavy atom. The fraction of sp³-hybridized carbons (Fsp3) is 0.150. The second-order valence-electron chi connectivity index (χ2n) is 6.20. The van der Waals surface area contributed by atoms with Crippen LogP contribution in [0.3, 0.4) is 0 Å². The number of carbonyl (C=O) groups excluding carboxylic acids is 1. The van der Waals surface area contributed by atoms with Crippen LogP contribution in [0.25, 0.3) is 10.8 Å². The maximum Gasteiger partial charge on any atom is 0.228 e. The fourth-order valence-corrected chi connectivity index (χ4v) is 3.69. The lowest BCUT2D eigenvalue weighted by atomic mass is 10.1. The van der Waals surface area contributed by atoms with Crippen molar-refractivity contribution >= 4 is 45.6 Å². The van der Waals surface area contributed by atoms with Gasteiger partial charge in [0.25, 0.3) is 0 Å². The van der Waals surface area contributed by atoms with E-state index in [1.807, 2.05) is 48.5 Å². The van der Waals surface area contributed by atoms with Gasteiger partial charge >= 0.3 is 0 Å². The molecule has 0 aromatic heterocycles. The molecule has 0 saturated heterocycles. The number of nitrogens with one attached hydrogen (secondary N) is 1. The summed E-state index contributed by atoms with van der Waals surface area (Å²) in [6, 6.07) is 19.5. The molecule has 0 aliphatic heterocycles. The van der Waals surface area contributed by atoms with Crippen molar-refractivity contribution in [2.45, 2.75) is 12.3 Å². The number of anilines is 1. The molecule has 3 aromatic carbocycles. The summed E-state index contributed by atoms with van der Waals surface area (Å²) >= 11 is 12.1. The third-order valence-corrected chi connectivity index (χ3v) is 4.89. The second-order valence-corrected chi connectivity index (χ2v) is 7.08. The molecule has 2 atom stereocenters. The van der Waals surface area contributed by atoms with Crippen molar-refractivity contribution in [1.29, 1.82) is 0 Å². The van der Waals surface area contributed by atoms with Crippen molar-refractivity contribution in [3.63, 3.8) is 0 Å². The van der Waals surface area contributed by atoms with E-state index in [1.165, 1.54) is 0 Å². The van der Waals surface area contributed by atoms with E-state index in [2.05, 4.69) is 11.4 Å². The van der Waals surface area contributed by atoms with Crippen molar-refractivity contribution in [2.24, 2.45) is 5.92 Å². The number of hydrogen-bond acceptors (Lipinski definition) is 1. The molecule has 1 N–H and O–H groups in total. The minimum atomic E-state index is -0.0222.